The van der Waals surface area contributed by atoms with Gasteiger partial charge in [-0.15, -0.1) is 0 Å². The predicted molar refractivity (Wildman–Crippen MR) is 293 cm³/mol. The number of pyridine rings is 1. The summed E-state index contributed by atoms with van der Waals surface area (Å²) in [5.41, 5.74) is 25.9. The van der Waals surface area contributed by atoms with Gasteiger partial charge < -0.3 is 0 Å². The van der Waals surface area contributed by atoms with Crippen LogP contribution in [0.5, 0.6) is 0 Å². The molecule has 0 amide bonds. The molecule has 14 rings (SSSR count). The van der Waals surface area contributed by atoms with Gasteiger partial charge in [0.25, 0.3) is 0 Å². The van der Waals surface area contributed by atoms with Crippen molar-refractivity contribution >= 4 is 0 Å². The summed E-state index contributed by atoms with van der Waals surface area (Å²) in [5, 5.41) is 0. The van der Waals surface area contributed by atoms with Gasteiger partial charge in [-0.3, -0.25) is 0 Å². The van der Waals surface area contributed by atoms with Crippen LogP contribution in [0.1, 0.15) is 69.5 Å². The average Bonchev–Trinajstić information content (AvgIpc) is 3.92. The Hall–Kier alpha value is -8.65. The Kier molecular flexibility index (Phi) is 9.13. The Bertz CT molecular complexity index is 3740. The lowest BCUT2D eigenvalue weighted by molar-refractivity contribution is 0.563. The van der Waals surface area contributed by atoms with Crippen molar-refractivity contribution in [2.75, 3.05) is 0 Å². The molecule has 1 nitrogen and oxygen atoms in total. The molecule has 1 heterocycles. The molecule has 10 aromatic carbocycles. The van der Waals surface area contributed by atoms with Crippen LogP contribution in [0.4, 0.5) is 0 Å². The van der Waals surface area contributed by atoms with Crippen molar-refractivity contribution in [3.05, 3.63) is 316 Å². The lowest BCUT2D eigenvalue weighted by Gasteiger charge is -2.46. The molecule has 71 heavy (non-hydrogen) atoms. The molecule has 334 valence electrons. The van der Waals surface area contributed by atoms with Gasteiger partial charge in [0.1, 0.15) is 0 Å². The normalized spacial score (nSPS) is 14.7. The van der Waals surface area contributed by atoms with E-state index in [1.165, 1.54) is 94.6 Å². The first-order valence-corrected chi connectivity index (χ1v) is 24.9. The molecule has 11 aromatic rings. The topological polar surface area (TPSA) is 12.9 Å². The van der Waals surface area contributed by atoms with Crippen LogP contribution in [-0.2, 0) is 16.2 Å². The summed E-state index contributed by atoms with van der Waals surface area (Å²) < 4.78 is 0. The van der Waals surface area contributed by atoms with E-state index in [4.69, 9.17) is 4.98 Å². The van der Waals surface area contributed by atoms with Gasteiger partial charge in [-0.1, -0.05) is 250 Å². The summed E-state index contributed by atoms with van der Waals surface area (Å²) in [6.45, 7) is 4.80. The molecule has 0 saturated carbocycles. The van der Waals surface area contributed by atoms with Crippen LogP contribution in [0, 0.1) is 0 Å². The van der Waals surface area contributed by atoms with E-state index < -0.39 is 10.8 Å². The second-order valence-corrected chi connectivity index (χ2v) is 20.1. The molecule has 1 aromatic heterocycles. The highest BCUT2D eigenvalue weighted by molar-refractivity contribution is 5.99. The lowest BCUT2D eigenvalue weighted by atomic mass is 9.55. The molecule has 3 aliphatic carbocycles. The Morgan fingerprint density at radius 3 is 1.28 bits per heavy atom. The van der Waals surface area contributed by atoms with E-state index in [2.05, 4.69) is 275 Å². The fourth-order valence-electron chi connectivity index (χ4n) is 13.2. The quantitative estimate of drug-likeness (QED) is 0.162. The molecule has 0 saturated heterocycles. The van der Waals surface area contributed by atoms with Crippen molar-refractivity contribution in [1.29, 1.82) is 0 Å². The Labute approximate surface area is 416 Å². The third-order valence-electron chi connectivity index (χ3n) is 16.2. The summed E-state index contributed by atoms with van der Waals surface area (Å²) in [6.07, 6.45) is 0. The highest BCUT2D eigenvalue weighted by Gasteiger charge is 2.54. The van der Waals surface area contributed by atoms with Gasteiger partial charge in [0, 0.05) is 16.5 Å². The van der Waals surface area contributed by atoms with Crippen LogP contribution in [0.3, 0.4) is 0 Å². The van der Waals surface area contributed by atoms with Crippen molar-refractivity contribution in [3.63, 3.8) is 0 Å². The van der Waals surface area contributed by atoms with Crippen LogP contribution >= 0.6 is 0 Å². The lowest BCUT2D eigenvalue weighted by Crippen LogP contribution is -2.40. The van der Waals surface area contributed by atoms with Crippen LogP contribution in [-0.4, -0.2) is 4.98 Å². The minimum absolute atomic E-state index is 0.203. The summed E-state index contributed by atoms with van der Waals surface area (Å²) in [7, 11) is 0. The number of nitrogens with zero attached hydrogens (tertiary/aromatic N) is 1. The highest BCUT2D eigenvalue weighted by atomic mass is 14.7. The van der Waals surface area contributed by atoms with Crippen molar-refractivity contribution in [2.45, 2.75) is 30.1 Å². The van der Waals surface area contributed by atoms with E-state index in [1.54, 1.807) is 0 Å². The summed E-state index contributed by atoms with van der Waals surface area (Å²) >= 11 is 0. The smallest absolute Gasteiger partial charge is 0.0719 e. The minimum Gasteiger partial charge on any atom is -0.248 e. The largest absolute Gasteiger partial charge is 0.248 e. The van der Waals surface area contributed by atoms with Crippen LogP contribution < -0.4 is 0 Å². The fraction of sp³-hybridized carbons (Fsp3) is 0.0714. The van der Waals surface area contributed by atoms with Gasteiger partial charge >= 0.3 is 0 Å². The maximum Gasteiger partial charge on any atom is 0.0719 e. The third-order valence-corrected chi connectivity index (χ3v) is 16.2. The second-order valence-electron chi connectivity index (χ2n) is 20.1. The Balaban J connectivity index is 1.06. The molecule has 0 bridgehead atoms. The molecule has 0 N–H and O–H groups in total. The van der Waals surface area contributed by atoms with Gasteiger partial charge in [-0.05, 0) is 124 Å². The van der Waals surface area contributed by atoms with E-state index in [0.717, 1.165) is 28.1 Å². The molecule has 0 unspecified atom stereocenters. The summed E-state index contributed by atoms with van der Waals surface area (Å²) in [5.74, 6) is 0. The van der Waals surface area contributed by atoms with E-state index >= 15 is 0 Å². The van der Waals surface area contributed by atoms with Gasteiger partial charge in [0.05, 0.1) is 22.2 Å². The number of aromatic nitrogens is 1. The standard InChI is InChI=1S/C70H49N/c1-68(2)59-33-17-19-35-61(59)70(62-36-20-18-34-60(62)68)58-41-39-48(49-38-40-55-54-30-15-16-32-57(54)69(64(55)43-49,51-26-11-5-12-27-51)52-28-13-6-14-29-52)42-56(58)67-53(31-21-37-63(67)70)50-44-65(46-22-7-3-8-23-46)71-66(45-50)47-24-9-4-10-25-47/h3-45H,1-2H3. The number of rotatable bonds is 6. The molecular formula is C70H49N. The van der Waals surface area contributed by atoms with Crippen LogP contribution in [0.2, 0.25) is 0 Å². The van der Waals surface area contributed by atoms with Gasteiger partial charge in [0.2, 0.25) is 0 Å². The molecular weight excluding hydrogens is 855 g/mol. The van der Waals surface area contributed by atoms with E-state index in [0.29, 0.717) is 0 Å². The zero-order valence-electron chi connectivity index (χ0n) is 39.8. The van der Waals surface area contributed by atoms with E-state index in [9.17, 15) is 0 Å². The SMILES string of the molecule is CC1(C)c2ccccc2C2(c3ccc(-c4ccc5c(c4)C(c4ccccc4)(c4ccccc4)c4ccccc4-5)cc3-c3c(-c4cc(-c5ccccc5)nc(-c5ccccc5)c4)cccc32)c2ccccc21. The molecule has 0 atom stereocenters. The number of hydrogen-bond donors (Lipinski definition) is 0. The monoisotopic (exact) mass is 903 g/mol. The first-order valence-electron chi connectivity index (χ1n) is 24.9. The van der Waals surface area contributed by atoms with Crippen molar-refractivity contribution in [2.24, 2.45) is 0 Å². The third kappa shape index (κ3) is 5.84. The number of hydrogen-bond acceptors (Lipinski definition) is 1. The Morgan fingerprint density at radius 2 is 0.690 bits per heavy atom. The predicted octanol–water partition coefficient (Wildman–Crippen LogP) is 17.1. The van der Waals surface area contributed by atoms with Crippen LogP contribution in [0.15, 0.2) is 261 Å². The van der Waals surface area contributed by atoms with Crippen molar-refractivity contribution in [3.8, 4) is 67.0 Å². The molecule has 0 radical (unpaired) electrons. The van der Waals surface area contributed by atoms with E-state index in [-0.39, 0.29) is 5.41 Å². The van der Waals surface area contributed by atoms with E-state index in [1.807, 2.05) is 0 Å². The maximum atomic E-state index is 5.35. The summed E-state index contributed by atoms with van der Waals surface area (Å²) in [6, 6.07) is 97.4. The Morgan fingerprint density at radius 1 is 0.254 bits per heavy atom. The summed E-state index contributed by atoms with van der Waals surface area (Å²) in [4.78, 5) is 5.35. The molecule has 0 aliphatic heterocycles. The van der Waals surface area contributed by atoms with Crippen molar-refractivity contribution in [1.82, 2.24) is 4.98 Å². The number of benzene rings is 10. The number of fused-ring (bicyclic) bond motifs is 12. The first-order chi connectivity index (χ1) is 35.0. The molecule has 3 aliphatic rings. The maximum absolute atomic E-state index is 5.35. The fourth-order valence-corrected chi connectivity index (χ4v) is 13.2. The van der Waals surface area contributed by atoms with Gasteiger partial charge in [0.15, 0.2) is 0 Å². The van der Waals surface area contributed by atoms with Gasteiger partial charge in [-0.2, -0.15) is 0 Å². The van der Waals surface area contributed by atoms with Crippen molar-refractivity contribution < 1.29 is 0 Å². The minimum atomic E-state index is -0.561. The van der Waals surface area contributed by atoms with Gasteiger partial charge in [-0.25, -0.2) is 4.98 Å². The van der Waals surface area contributed by atoms with Crippen LogP contribution in [0.25, 0.3) is 67.0 Å². The molecule has 1 spiro atoms. The average molecular weight is 904 g/mol. The second kappa shape index (κ2) is 15.7. The first kappa shape index (κ1) is 41.3. The zero-order chi connectivity index (χ0) is 47.3. The highest BCUT2D eigenvalue weighted by Crippen LogP contribution is 2.64. The zero-order valence-corrected chi connectivity index (χ0v) is 39.8. The molecule has 1 heteroatoms. The molecule has 0 fully saturated rings.